The molecule has 0 aliphatic heterocycles. The average Bonchev–Trinajstić information content (AvgIpc) is 2.65. The number of anilines is 1. The number of aryl methyl sites for hydroxylation is 1. The summed E-state index contributed by atoms with van der Waals surface area (Å²) in [5.74, 6) is 2.18. The fourth-order valence-electron chi connectivity index (χ4n) is 1.49. The maximum Gasteiger partial charge on any atom is 0.202 e. The molecule has 3 nitrogen and oxygen atoms in total. The van der Waals surface area contributed by atoms with Gasteiger partial charge in [0, 0.05) is 29.9 Å². The molecule has 0 fully saturated rings. The number of nitrogens with one attached hydrogen (secondary N) is 1. The normalized spacial score (nSPS) is 13.1. The molecule has 5 heteroatoms. The van der Waals surface area contributed by atoms with Crippen LogP contribution in [0.2, 0.25) is 0 Å². The second-order valence-corrected chi connectivity index (χ2v) is 5.37. The summed E-state index contributed by atoms with van der Waals surface area (Å²) in [6, 6.07) is 0.389. The van der Waals surface area contributed by atoms with E-state index in [1.807, 2.05) is 0 Å². The first-order valence-electron chi connectivity index (χ1n) is 5.82. The van der Waals surface area contributed by atoms with Crippen LogP contribution in [0, 0.1) is 5.92 Å². The van der Waals surface area contributed by atoms with Crippen molar-refractivity contribution in [1.29, 1.82) is 0 Å². The quantitative estimate of drug-likeness (QED) is 0.763. The second-order valence-electron chi connectivity index (χ2n) is 4.24. The summed E-state index contributed by atoms with van der Waals surface area (Å²) >= 11 is 7.23. The molecule has 1 heterocycles. The Morgan fingerprint density at radius 1 is 1.44 bits per heavy atom. The standard InChI is InChI=1S/C11H20ClN3S/c1-4-5-10-14-11(16-15-10)13-9(6-7-12)8(2)3/h8-9H,4-7H2,1-3H3,(H,13,14,15). The summed E-state index contributed by atoms with van der Waals surface area (Å²) in [4.78, 5) is 4.46. The summed E-state index contributed by atoms with van der Waals surface area (Å²) < 4.78 is 4.31. The van der Waals surface area contributed by atoms with Crippen molar-refractivity contribution in [2.24, 2.45) is 5.92 Å². The highest BCUT2D eigenvalue weighted by molar-refractivity contribution is 7.09. The van der Waals surface area contributed by atoms with Crippen molar-refractivity contribution in [2.45, 2.75) is 46.1 Å². The molecule has 92 valence electrons. The van der Waals surface area contributed by atoms with E-state index in [9.17, 15) is 0 Å². The predicted molar refractivity (Wildman–Crippen MR) is 71.5 cm³/mol. The number of halogens is 1. The molecule has 0 saturated carbocycles. The van der Waals surface area contributed by atoms with Gasteiger partial charge in [0.15, 0.2) is 0 Å². The van der Waals surface area contributed by atoms with E-state index in [-0.39, 0.29) is 0 Å². The van der Waals surface area contributed by atoms with Crippen LogP contribution in [-0.4, -0.2) is 21.3 Å². The van der Waals surface area contributed by atoms with Crippen LogP contribution in [0.15, 0.2) is 0 Å². The van der Waals surface area contributed by atoms with Crippen molar-refractivity contribution in [1.82, 2.24) is 9.36 Å². The lowest BCUT2D eigenvalue weighted by Crippen LogP contribution is -2.26. The molecule has 0 radical (unpaired) electrons. The van der Waals surface area contributed by atoms with Crippen LogP contribution in [0.3, 0.4) is 0 Å². The van der Waals surface area contributed by atoms with Crippen LogP contribution >= 0.6 is 23.1 Å². The van der Waals surface area contributed by atoms with Crippen LogP contribution in [0.4, 0.5) is 5.13 Å². The summed E-state index contributed by atoms with van der Waals surface area (Å²) in [7, 11) is 0. The molecule has 1 rings (SSSR count). The second kappa shape index (κ2) is 7.07. The fourth-order valence-corrected chi connectivity index (χ4v) is 2.40. The smallest absolute Gasteiger partial charge is 0.202 e. The van der Waals surface area contributed by atoms with Gasteiger partial charge in [-0.2, -0.15) is 4.37 Å². The minimum Gasteiger partial charge on any atom is -0.357 e. The Balaban J connectivity index is 2.55. The summed E-state index contributed by atoms with van der Waals surface area (Å²) in [5, 5.41) is 4.34. The molecule has 1 aromatic heterocycles. The van der Waals surface area contributed by atoms with E-state index in [1.165, 1.54) is 11.5 Å². The number of nitrogens with zero attached hydrogens (tertiary/aromatic N) is 2. The van der Waals surface area contributed by atoms with Crippen LogP contribution < -0.4 is 5.32 Å². The maximum atomic E-state index is 5.79. The van der Waals surface area contributed by atoms with Gasteiger partial charge in [0.2, 0.25) is 5.13 Å². The average molecular weight is 262 g/mol. The number of hydrogen-bond acceptors (Lipinski definition) is 4. The number of aromatic nitrogens is 2. The maximum absolute atomic E-state index is 5.79. The van der Waals surface area contributed by atoms with Gasteiger partial charge in [0.25, 0.3) is 0 Å². The Kier molecular flexibility index (Phi) is 6.06. The summed E-state index contributed by atoms with van der Waals surface area (Å²) in [6.45, 7) is 6.52. The third-order valence-corrected chi connectivity index (χ3v) is 3.38. The van der Waals surface area contributed by atoms with Crippen molar-refractivity contribution >= 4 is 28.3 Å². The molecule has 1 N–H and O–H groups in total. The molecule has 0 amide bonds. The fraction of sp³-hybridized carbons (Fsp3) is 0.818. The Hall–Kier alpha value is -0.350. The van der Waals surface area contributed by atoms with Crippen molar-refractivity contribution in [3.05, 3.63) is 5.82 Å². The van der Waals surface area contributed by atoms with Crippen LogP contribution in [0.1, 0.15) is 39.4 Å². The van der Waals surface area contributed by atoms with E-state index in [2.05, 4.69) is 35.4 Å². The number of alkyl halides is 1. The Bertz CT molecular complexity index is 301. The molecular formula is C11H20ClN3S. The largest absolute Gasteiger partial charge is 0.357 e. The monoisotopic (exact) mass is 261 g/mol. The molecule has 0 saturated heterocycles. The number of rotatable bonds is 7. The van der Waals surface area contributed by atoms with Crippen LogP contribution in [0.5, 0.6) is 0 Å². The van der Waals surface area contributed by atoms with Gasteiger partial charge in [-0.15, -0.1) is 11.6 Å². The van der Waals surface area contributed by atoms with Gasteiger partial charge in [0.05, 0.1) is 0 Å². The van der Waals surface area contributed by atoms with E-state index >= 15 is 0 Å². The molecule has 0 spiro atoms. The van der Waals surface area contributed by atoms with Gasteiger partial charge in [-0.05, 0) is 18.8 Å². The zero-order valence-electron chi connectivity index (χ0n) is 10.2. The zero-order valence-corrected chi connectivity index (χ0v) is 11.7. The summed E-state index contributed by atoms with van der Waals surface area (Å²) in [5.41, 5.74) is 0. The third-order valence-electron chi connectivity index (χ3n) is 2.48. The highest BCUT2D eigenvalue weighted by Gasteiger charge is 2.14. The highest BCUT2D eigenvalue weighted by Crippen LogP contribution is 2.18. The van der Waals surface area contributed by atoms with Crippen molar-refractivity contribution in [3.8, 4) is 0 Å². The zero-order chi connectivity index (χ0) is 12.0. The van der Waals surface area contributed by atoms with Crippen LogP contribution in [0.25, 0.3) is 0 Å². The minimum absolute atomic E-state index is 0.389. The van der Waals surface area contributed by atoms with Gasteiger partial charge in [-0.3, -0.25) is 0 Å². The van der Waals surface area contributed by atoms with Gasteiger partial charge < -0.3 is 5.32 Å². The minimum atomic E-state index is 0.389. The molecule has 1 aromatic rings. The Morgan fingerprint density at radius 3 is 2.75 bits per heavy atom. The molecule has 1 atom stereocenters. The van der Waals surface area contributed by atoms with Crippen molar-refractivity contribution in [3.63, 3.8) is 0 Å². The van der Waals surface area contributed by atoms with E-state index in [0.29, 0.717) is 17.8 Å². The third kappa shape index (κ3) is 4.26. The Labute approximate surface area is 107 Å². The van der Waals surface area contributed by atoms with E-state index < -0.39 is 0 Å². The molecule has 0 aromatic carbocycles. The first kappa shape index (κ1) is 13.7. The molecule has 16 heavy (non-hydrogen) atoms. The lowest BCUT2D eigenvalue weighted by atomic mass is 10.0. The van der Waals surface area contributed by atoms with Crippen molar-refractivity contribution < 1.29 is 0 Å². The number of hydrogen-bond donors (Lipinski definition) is 1. The van der Waals surface area contributed by atoms with E-state index in [0.717, 1.165) is 30.2 Å². The first-order valence-corrected chi connectivity index (χ1v) is 7.13. The molecular weight excluding hydrogens is 242 g/mol. The van der Waals surface area contributed by atoms with Gasteiger partial charge in [-0.1, -0.05) is 20.8 Å². The highest BCUT2D eigenvalue weighted by atomic mass is 35.5. The molecule has 0 bridgehead atoms. The van der Waals surface area contributed by atoms with E-state index in [4.69, 9.17) is 11.6 Å². The first-order chi connectivity index (χ1) is 7.67. The topological polar surface area (TPSA) is 37.8 Å². The molecule has 1 unspecified atom stereocenters. The van der Waals surface area contributed by atoms with E-state index in [1.54, 1.807) is 0 Å². The van der Waals surface area contributed by atoms with Crippen LogP contribution in [-0.2, 0) is 6.42 Å². The predicted octanol–water partition coefficient (Wildman–Crippen LogP) is 3.56. The lowest BCUT2D eigenvalue weighted by Gasteiger charge is -2.20. The Morgan fingerprint density at radius 2 is 2.19 bits per heavy atom. The lowest BCUT2D eigenvalue weighted by molar-refractivity contribution is 0.513. The molecule has 0 aliphatic rings. The SMILES string of the molecule is CCCc1nsc(NC(CCCl)C(C)C)n1. The summed E-state index contributed by atoms with van der Waals surface area (Å²) in [6.07, 6.45) is 3.01. The van der Waals surface area contributed by atoms with Crippen molar-refractivity contribution in [2.75, 3.05) is 11.2 Å². The van der Waals surface area contributed by atoms with Gasteiger partial charge in [0.1, 0.15) is 5.82 Å². The van der Waals surface area contributed by atoms with Gasteiger partial charge >= 0.3 is 0 Å². The molecule has 0 aliphatic carbocycles. The van der Waals surface area contributed by atoms with Gasteiger partial charge in [-0.25, -0.2) is 4.98 Å².